The SMILES string of the molecule is Cc1nn(-c2ccccc2)c([O-])c1N=Nc1ccccc1C(=O)[O-].Nc1ccc2c(S(=O)(=O)O)cccc2c1N=Nc1ccc([N+](=O)[O-])cc1[O-].[Cr+3]. The van der Waals surface area contributed by atoms with E-state index in [0.29, 0.717) is 16.8 Å². The zero-order valence-corrected chi connectivity index (χ0v) is 28.6. The van der Waals surface area contributed by atoms with Gasteiger partial charge in [0.05, 0.1) is 39.3 Å². The van der Waals surface area contributed by atoms with Crippen molar-refractivity contribution in [1.82, 2.24) is 9.78 Å². The number of aryl methyl sites for hydroxylation is 1. The Kier molecular flexibility index (Phi) is 11.8. The fraction of sp³-hybridized carbons (Fsp3) is 0.0303. The van der Waals surface area contributed by atoms with Crippen molar-refractivity contribution in [3.63, 3.8) is 0 Å². The van der Waals surface area contributed by atoms with Crippen molar-refractivity contribution in [3.05, 3.63) is 124 Å². The van der Waals surface area contributed by atoms with E-state index in [1.54, 1.807) is 43.3 Å². The number of para-hydroxylation sites is 1. The number of fused-ring (bicyclic) bond motifs is 1. The largest absolute Gasteiger partial charge is 3.00 e. The third kappa shape index (κ3) is 8.43. The van der Waals surface area contributed by atoms with E-state index in [4.69, 9.17) is 5.73 Å². The number of hydrogen-bond acceptors (Lipinski definition) is 14. The number of hydrogen-bond donors (Lipinski definition) is 2. The molecule has 0 bridgehead atoms. The summed E-state index contributed by atoms with van der Waals surface area (Å²) in [7, 11) is -4.47. The van der Waals surface area contributed by atoms with E-state index in [0.717, 1.165) is 18.2 Å². The van der Waals surface area contributed by atoms with Crippen LogP contribution in [0.4, 0.5) is 34.1 Å². The van der Waals surface area contributed by atoms with Crippen LogP contribution in [0, 0.1) is 17.0 Å². The Morgan fingerprint density at radius 2 is 1.48 bits per heavy atom. The van der Waals surface area contributed by atoms with E-state index >= 15 is 0 Å². The first-order valence-electron chi connectivity index (χ1n) is 14.5. The van der Waals surface area contributed by atoms with Gasteiger partial charge in [-0.1, -0.05) is 60.3 Å². The monoisotopic (exact) mass is 759 g/mol. The number of carboxylic acid groups (broad SMARTS) is 1. The molecule has 0 saturated heterocycles. The molecule has 1 radical (unpaired) electrons. The predicted molar refractivity (Wildman–Crippen MR) is 178 cm³/mol. The number of nitro benzene ring substituents is 1. The van der Waals surface area contributed by atoms with Gasteiger partial charge in [-0.15, -0.1) is 15.3 Å². The molecule has 0 aliphatic rings. The minimum absolute atomic E-state index is 0. The van der Waals surface area contributed by atoms with E-state index in [-0.39, 0.29) is 67.3 Å². The molecule has 0 atom stereocenters. The number of nitrogens with zero attached hydrogens (tertiary/aromatic N) is 7. The maximum atomic E-state index is 12.4. The summed E-state index contributed by atoms with van der Waals surface area (Å²) < 4.78 is 33.6. The molecule has 6 aromatic rings. The van der Waals surface area contributed by atoms with Crippen molar-refractivity contribution in [2.45, 2.75) is 11.8 Å². The Bertz CT molecular complexity index is 2470. The second-order valence-electron chi connectivity index (χ2n) is 10.4. The Morgan fingerprint density at radius 3 is 2.13 bits per heavy atom. The molecular formula is C33H23CrN8O9S. The number of nitrogen functional groups attached to an aromatic ring is 1. The van der Waals surface area contributed by atoms with Crippen LogP contribution in [0.15, 0.2) is 128 Å². The number of nitro groups is 1. The number of nitrogens with two attached hydrogens (primary N) is 1. The summed E-state index contributed by atoms with van der Waals surface area (Å²) in [5, 5.41) is 66.2. The number of carbonyl (C=O) groups excluding carboxylic acids is 1. The second kappa shape index (κ2) is 16.0. The van der Waals surface area contributed by atoms with Gasteiger partial charge in [0.15, 0.2) is 0 Å². The number of azo groups is 2. The zero-order chi connectivity index (χ0) is 36.9. The summed E-state index contributed by atoms with van der Waals surface area (Å²) in [6.07, 6.45) is 0. The third-order valence-electron chi connectivity index (χ3n) is 7.08. The zero-order valence-electron chi connectivity index (χ0n) is 26.6. The average Bonchev–Trinajstić information content (AvgIpc) is 3.39. The van der Waals surface area contributed by atoms with Gasteiger partial charge in [0, 0.05) is 34.3 Å². The number of rotatable bonds is 8. The number of aromatic nitrogens is 2. The summed E-state index contributed by atoms with van der Waals surface area (Å²) in [5.41, 5.74) is 6.70. The molecule has 1 aromatic heterocycles. The van der Waals surface area contributed by atoms with Crippen LogP contribution in [0.3, 0.4) is 0 Å². The molecule has 0 spiro atoms. The van der Waals surface area contributed by atoms with Crippen LogP contribution < -0.4 is 21.1 Å². The van der Waals surface area contributed by atoms with Crippen molar-refractivity contribution in [2.24, 2.45) is 20.5 Å². The molecule has 0 aliphatic heterocycles. The Balaban J connectivity index is 0.000000230. The molecule has 1 heterocycles. The first-order valence-corrected chi connectivity index (χ1v) is 15.9. The molecule has 0 unspecified atom stereocenters. The van der Waals surface area contributed by atoms with Crippen LogP contribution in [0.25, 0.3) is 16.5 Å². The van der Waals surface area contributed by atoms with Gasteiger partial charge in [-0.3, -0.25) is 14.7 Å². The molecular weight excluding hydrogens is 736 g/mol. The summed E-state index contributed by atoms with van der Waals surface area (Å²) in [5.74, 6) is -2.48. The first kappa shape index (κ1) is 38.3. The Labute approximate surface area is 305 Å². The summed E-state index contributed by atoms with van der Waals surface area (Å²) in [6, 6.07) is 25.0. The van der Waals surface area contributed by atoms with Crippen molar-refractivity contribution >= 4 is 61.0 Å². The molecule has 3 N–H and O–H groups in total. The molecule has 17 nitrogen and oxygen atoms in total. The van der Waals surface area contributed by atoms with Gasteiger partial charge < -0.3 is 25.8 Å². The fourth-order valence-electron chi connectivity index (χ4n) is 4.66. The third-order valence-corrected chi connectivity index (χ3v) is 8.00. The van der Waals surface area contributed by atoms with Gasteiger partial charge in [-0.2, -0.15) is 18.6 Å². The molecule has 0 aliphatic carbocycles. The van der Waals surface area contributed by atoms with Crippen molar-refractivity contribution in [2.75, 3.05) is 5.73 Å². The second-order valence-corrected chi connectivity index (χ2v) is 11.8. The molecule has 5 aromatic carbocycles. The summed E-state index contributed by atoms with van der Waals surface area (Å²) >= 11 is 0. The van der Waals surface area contributed by atoms with E-state index in [1.165, 1.54) is 47.1 Å². The number of anilines is 1. The van der Waals surface area contributed by atoms with Crippen LogP contribution in [0.5, 0.6) is 11.6 Å². The maximum absolute atomic E-state index is 12.4. The number of carboxylic acids is 1. The Hall–Kier alpha value is -6.52. The predicted octanol–water partition coefficient (Wildman–Crippen LogP) is 5.10. The first-order chi connectivity index (χ1) is 24.3. The van der Waals surface area contributed by atoms with Crippen molar-refractivity contribution in [1.29, 1.82) is 0 Å². The average molecular weight is 760 g/mol. The number of aromatic carboxylic acids is 1. The van der Waals surface area contributed by atoms with Gasteiger partial charge in [0.1, 0.15) is 16.3 Å². The van der Waals surface area contributed by atoms with E-state index in [2.05, 4.69) is 25.6 Å². The summed E-state index contributed by atoms with van der Waals surface area (Å²) in [6.45, 7) is 1.64. The topological polar surface area (TPSA) is 277 Å². The number of non-ortho nitro benzene ring substituents is 1. The molecule has 261 valence electrons. The van der Waals surface area contributed by atoms with Crippen LogP contribution in [0.1, 0.15) is 16.1 Å². The molecule has 0 saturated carbocycles. The standard InChI is InChI=1S/C17H14N4O3.C16H12N4O6S.Cr/c1-11-15(16(22)21(20-11)12-7-3-2-4-8-12)19-18-14-10-6-5-9-13(14)17(23)24;17-12-6-5-10-11(2-1-3-15(10)27(24,25)26)16(12)19-18-13-7-4-9(20(22)23)8-14(13)21;/h2-10,22H,1H3,(H,23,24);1-8,21H,17H2,(H,24,25,26);/q;;+3/p-3. The molecule has 0 amide bonds. The number of carbonyl (C=O) groups is 1. The number of benzene rings is 5. The molecule has 19 heteroatoms. The summed E-state index contributed by atoms with van der Waals surface area (Å²) in [4.78, 5) is 20.7. The van der Waals surface area contributed by atoms with E-state index in [9.17, 15) is 43.2 Å². The van der Waals surface area contributed by atoms with Gasteiger partial charge in [0.2, 0.25) is 0 Å². The van der Waals surface area contributed by atoms with Crippen LogP contribution in [0.2, 0.25) is 0 Å². The molecule has 6 rings (SSSR count). The smallest absolute Gasteiger partial charge is 0.871 e. The minimum atomic E-state index is -4.47. The van der Waals surface area contributed by atoms with E-state index in [1.807, 2.05) is 6.07 Å². The van der Waals surface area contributed by atoms with Crippen molar-refractivity contribution in [3.8, 4) is 17.3 Å². The quantitative estimate of drug-likeness (QED) is 0.0677. The molecule has 52 heavy (non-hydrogen) atoms. The maximum Gasteiger partial charge on any atom is 3.00 e. The fourth-order valence-corrected chi connectivity index (χ4v) is 5.37. The van der Waals surface area contributed by atoms with E-state index < -0.39 is 32.6 Å². The van der Waals surface area contributed by atoms with Gasteiger partial charge in [-0.05, 0) is 43.3 Å². The van der Waals surface area contributed by atoms with Crippen LogP contribution in [-0.4, -0.2) is 33.6 Å². The normalized spacial score (nSPS) is 11.3. The van der Waals surface area contributed by atoms with Crippen LogP contribution >= 0.6 is 0 Å². The minimum Gasteiger partial charge on any atom is -0.871 e. The van der Waals surface area contributed by atoms with Crippen molar-refractivity contribution < 1.29 is 55.4 Å². The van der Waals surface area contributed by atoms with Gasteiger partial charge in [-0.25, -0.2) is 4.68 Å². The van der Waals surface area contributed by atoms with Gasteiger partial charge in [0.25, 0.3) is 15.8 Å². The molecule has 0 fully saturated rings. The Morgan fingerprint density at radius 1 is 0.827 bits per heavy atom. The van der Waals surface area contributed by atoms with Crippen LogP contribution in [-0.2, 0) is 27.5 Å². The van der Waals surface area contributed by atoms with Gasteiger partial charge >= 0.3 is 17.4 Å².